The second kappa shape index (κ2) is 8.82. The van der Waals surface area contributed by atoms with Crippen molar-refractivity contribution in [3.63, 3.8) is 0 Å². The Bertz CT molecular complexity index is 763. The monoisotopic (exact) mass is 408 g/mol. The number of carbonyl (C=O) groups is 3. The third-order valence-corrected chi connectivity index (χ3v) is 5.57. The molecule has 0 unspecified atom stereocenters. The van der Waals surface area contributed by atoms with Crippen molar-refractivity contribution < 1.29 is 23.9 Å². The molecule has 2 amide bonds. The summed E-state index contributed by atoms with van der Waals surface area (Å²) < 4.78 is 10.5. The third kappa shape index (κ3) is 4.58. The van der Waals surface area contributed by atoms with Crippen LogP contribution in [0.25, 0.3) is 0 Å². The molecule has 1 aliphatic heterocycles. The van der Waals surface area contributed by atoms with E-state index in [0.29, 0.717) is 23.0 Å². The fraction of sp³-hybridized carbons (Fsp3) is 0.550. The lowest BCUT2D eigenvalue weighted by atomic mass is 10.1. The fourth-order valence-corrected chi connectivity index (χ4v) is 3.97. The third-order valence-electron chi connectivity index (χ3n) is 5.34. The second-order valence-corrected chi connectivity index (χ2v) is 7.73. The number of anilines is 1. The molecule has 8 heteroatoms. The first kappa shape index (κ1) is 20.5. The number of amides is 2. The summed E-state index contributed by atoms with van der Waals surface area (Å²) in [5.41, 5.74) is 0.395. The van der Waals surface area contributed by atoms with Crippen LogP contribution >= 0.6 is 11.6 Å². The maximum Gasteiger partial charge on any atom is 0.312 e. The Balaban J connectivity index is 1.56. The number of carbonyl (C=O) groups excluding carboxylic acids is 3. The van der Waals surface area contributed by atoms with Gasteiger partial charge in [0.25, 0.3) is 5.91 Å². The lowest BCUT2D eigenvalue weighted by molar-refractivity contribution is -0.157. The van der Waals surface area contributed by atoms with Gasteiger partial charge in [0.2, 0.25) is 5.91 Å². The standard InChI is InChI=1S/C20H25ClN2O5/c1-12(19(25)22-16-10-14(21)7-8-17(16)27-2)28-20(26)13-9-18(24)23(11-13)15-5-3-4-6-15/h7-8,10,12-13,15H,3-6,9,11H2,1-2H3,(H,22,25)/t12-,13-/m0/s1. The molecule has 0 radical (unpaired) electrons. The molecule has 2 atom stereocenters. The van der Waals surface area contributed by atoms with Crippen LogP contribution in [0.3, 0.4) is 0 Å². The van der Waals surface area contributed by atoms with E-state index in [9.17, 15) is 14.4 Å². The van der Waals surface area contributed by atoms with Crippen molar-refractivity contribution in [2.45, 2.75) is 51.2 Å². The van der Waals surface area contributed by atoms with E-state index >= 15 is 0 Å². The van der Waals surface area contributed by atoms with E-state index in [1.807, 2.05) is 0 Å². The number of likely N-dealkylation sites (tertiary alicyclic amines) is 1. The van der Waals surface area contributed by atoms with Gasteiger partial charge in [0, 0.05) is 24.0 Å². The Kier molecular flexibility index (Phi) is 6.44. The van der Waals surface area contributed by atoms with Crippen LogP contribution < -0.4 is 10.1 Å². The molecule has 0 spiro atoms. The summed E-state index contributed by atoms with van der Waals surface area (Å²) in [4.78, 5) is 38.9. The second-order valence-electron chi connectivity index (χ2n) is 7.30. The van der Waals surface area contributed by atoms with Crippen LogP contribution in [-0.2, 0) is 19.1 Å². The molecule has 3 rings (SSSR count). The molecule has 2 fully saturated rings. The van der Waals surface area contributed by atoms with Crippen molar-refractivity contribution in [1.82, 2.24) is 4.90 Å². The summed E-state index contributed by atoms with van der Waals surface area (Å²) in [6.45, 7) is 1.87. The molecule has 2 aliphatic rings. The SMILES string of the molecule is COc1ccc(Cl)cc1NC(=O)[C@H](C)OC(=O)[C@H]1CC(=O)N(C2CCCC2)C1. The van der Waals surface area contributed by atoms with E-state index < -0.39 is 23.9 Å². The number of esters is 1. The van der Waals surface area contributed by atoms with E-state index in [0.717, 1.165) is 25.7 Å². The first-order chi connectivity index (χ1) is 13.4. The summed E-state index contributed by atoms with van der Waals surface area (Å²) in [5, 5.41) is 3.10. The number of ether oxygens (including phenoxy) is 2. The highest BCUT2D eigenvalue weighted by Gasteiger charge is 2.40. The van der Waals surface area contributed by atoms with Crippen molar-refractivity contribution in [2.24, 2.45) is 5.92 Å². The van der Waals surface area contributed by atoms with Crippen LogP contribution in [0, 0.1) is 5.92 Å². The lowest BCUT2D eigenvalue weighted by Crippen LogP contribution is -2.36. The number of benzene rings is 1. The highest BCUT2D eigenvalue weighted by atomic mass is 35.5. The molecular formula is C20H25ClN2O5. The molecule has 1 N–H and O–H groups in total. The average Bonchev–Trinajstić information content (AvgIpc) is 3.31. The number of halogens is 1. The van der Waals surface area contributed by atoms with Gasteiger partial charge in [-0.1, -0.05) is 24.4 Å². The summed E-state index contributed by atoms with van der Waals surface area (Å²) in [7, 11) is 1.48. The summed E-state index contributed by atoms with van der Waals surface area (Å²) in [6.07, 6.45) is 3.36. The largest absolute Gasteiger partial charge is 0.495 e. The van der Waals surface area contributed by atoms with Crippen LogP contribution in [0.1, 0.15) is 39.0 Å². The molecule has 1 aliphatic carbocycles. The van der Waals surface area contributed by atoms with Crippen molar-refractivity contribution in [2.75, 3.05) is 19.0 Å². The van der Waals surface area contributed by atoms with Gasteiger partial charge in [-0.3, -0.25) is 14.4 Å². The van der Waals surface area contributed by atoms with Crippen molar-refractivity contribution in [1.29, 1.82) is 0 Å². The Morgan fingerprint density at radius 1 is 1.29 bits per heavy atom. The van der Waals surface area contributed by atoms with Gasteiger partial charge in [-0.25, -0.2) is 0 Å². The van der Waals surface area contributed by atoms with Crippen LogP contribution in [0.4, 0.5) is 5.69 Å². The molecule has 0 aromatic heterocycles. The number of rotatable bonds is 6. The number of nitrogens with zero attached hydrogens (tertiary/aromatic N) is 1. The van der Waals surface area contributed by atoms with Gasteiger partial charge in [-0.05, 0) is 38.0 Å². The zero-order chi connectivity index (χ0) is 20.3. The van der Waals surface area contributed by atoms with Crippen LogP contribution in [0.5, 0.6) is 5.75 Å². The molecule has 0 bridgehead atoms. The van der Waals surface area contributed by atoms with Crippen LogP contribution in [-0.4, -0.2) is 48.5 Å². The van der Waals surface area contributed by atoms with E-state index in [1.54, 1.807) is 23.1 Å². The van der Waals surface area contributed by atoms with E-state index in [2.05, 4.69) is 5.32 Å². The number of hydrogen-bond acceptors (Lipinski definition) is 5. The van der Waals surface area contributed by atoms with E-state index in [4.69, 9.17) is 21.1 Å². The normalized spacial score (nSPS) is 20.9. The van der Waals surface area contributed by atoms with Crippen molar-refractivity contribution in [3.05, 3.63) is 23.2 Å². The summed E-state index contributed by atoms with van der Waals surface area (Å²) in [5.74, 6) is -1.09. The molecule has 1 saturated carbocycles. The number of methoxy groups -OCH3 is 1. The van der Waals surface area contributed by atoms with Crippen LogP contribution in [0.15, 0.2) is 18.2 Å². The van der Waals surface area contributed by atoms with Crippen LogP contribution in [0.2, 0.25) is 5.02 Å². The quantitative estimate of drug-likeness (QED) is 0.731. The van der Waals surface area contributed by atoms with Gasteiger partial charge < -0.3 is 19.7 Å². The predicted molar refractivity (Wildman–Crippen MR) is 104 cm³/mol. The molecule has 1 heterocycles. The van der Waals surface area contributed by atoms with E-state index in [-0.39, 0.29) is 18.4 Å². The lowest BCUT2D eigenvalue weighted by Gasteiger charge is -2.24. The van der Waals surface area contributed by atoms with Crippen molar-refractivity contribution in [3.8, 4) is 5.75 Å². The maximum atomic E-state index is 12.5. The van der Waals surface area contributed by atoms with Gasteiger partial charge in [0.15, 0.2) is 6.10 Å². The Hall–Kier alpha value is -2.28. The minimum atomic E-state index is -1.01. The number of hydrogen-bond donors (Lipinski definition) is 1. The number of nitrogens with one attached hydrogen (secondary N) is 1. The molecule has 1 aromatic rings. The zero-order valence-electron chi connectivity index (χ0n) is 16.1. The average molecular weight is 409 g/mol. The Morgan fingerprint density at radius 3 is 2.68 bits per heavy atom. The maximum absolute atomic E-state index is 12.5. The summed E-state index contributed by atoms with van der Waals surface area (Å²) >= 11 is 5.96. The highest BCUT2D eigenvalue weighted by molar-refractivity contribution is 6.31. The van der Waals surface area contributed by atoms with Crippen molar-refractivity contribution >= 4 is 35.1 Å². The topological polar surface area (TPSA) is 84.9 Å². The molecule has 7 nitrogen and oxygen atoms in total. The molecule has 28 heavy (non-hydrogen) atoms. The summed E-state index contributed by atoms with van der Waals surface area (Å²) in [6, 6.07) is 5.08. The minimum Gasteiger partial charge on any atom is -0.495 e. The fourth-order valence-electron chi connectivity index (χ4n) is 3.79. The molecule has 1 aromatic carbocycles. The molecule has 1 saturated heterocycles. The molecular weight excluding hydrogens is 384 g/mol. The van der Waals surface area contributed by atoms with Gasteiger partial charge in [0.05, 0.1) is 18.7 Å². The smallest absolute Gasteiger partial charge is 0.312 e. The van der Waals surface area contributed by atoms with Gasteiger partial charge in [0.1, 0.15) is 5.75 Å². The molecule has 152 valence electrons. The zero-order valence-corrected chi connectivity index (χ0v) is 16.8. The Labute approximate surface area is 169 Å². The first-order valence-electron chi connectivity index (χ1n) is 9.53. The first-order valence-corrected chi connectivity index (χ1v) is 9.91. The minimum absolute atomic E-state index is 0.00498. The van der Waals surface area contributed by atoms with Gasteiger partial charge in [-0.2, -0.15) is 0 Å². The Morgan fingerprint density at radius 2 is 2.00 bits per heavy atom. The predicted octanol–water partition coefficient (Wildman–Crippen LogP) is 3.01. The van der Waals surface area contributed by atoms with Gasteiger partial charge >= 0.3 is 5.97 Å². The van der Waals surface area contributed by atoms with E-state index in [1.165, 1.54) is 14.0 Å². The highest BCUT2D eigenvalue weighted by Crippen LogP contribution is 2.30. The van der Waals surface area contributed by atoms with Gasteiger partial charge in [-0.15, -0.1) is 0 Å².